The standard InChI is InChI=1S/C15H19NO2/c1-16-15(11-6-8-17-9-7-11)13-10-18-14-5-3-2-4-12(13)14/h2-5,10-11,15-16H,6-9H2,1H3. The molecule has 1 aliphatic heterocycles. The molecule has 3 nitrogen and oxygen atoms in total. The maximum Gasteiger partial charge on any atom is 0.134 e. The highest BCUT2D eigenvalue weighted by Gasteiger charge is 2.26. The first-order valence-corrected chi connectivity index (χ1v) is 6.61. The molecule has 96 valence electrons. The van der Waals surface area contributed by atoms with Crippen molar-refractivity contribution >= 4 is 11.0 Å². The molecule has 0 radical (unpaired) electrons. The second-order valence-electron chi connectivity index (χ2n) is 4.90. The van der Waals surface area contributed by atoms with Crippen molar-refractivity contribution < 1.29 is 9.15 Å². The van der Waals surface area contributed by atoms with Gasteiger partial charge in [-0.3, -0.25) is 0 Å². The van der Waals surface area contributed by atoms with Gasteiger partial charge in [-0.05, 0) is 31.9 Å². The van der Waals surface area contributed by atoms with Crippen LogP contribution in [0.3, 0.4) is 0 Å². The quantitative estimate of drug-likeness (QED) is 0.902. The summed E-state index contributed by atoms with van der Waals surface area (Å²) in [5, 5.41) is 4.68. The molecule has 1 unspecified atom stereocenters. The van der Waals surface area contributed by atoms with Gasteiger partial charge >= 0.3 is 0 Å². The van der Waals surface area contributed by atoms with Crippen molar-refractivity contribution in [2.75, 3.05) is 20.3 Å². The van der Waals surface area contributed by atoms with Crippen LogP contribution in [0.15, 0.2) is 34.9 Å². The maximum absolute atomic E-state index is 5.65. The number of hydrogen-bond donors (Lipinski definition) is 1. The maximum atomic E-state index is 5.65. The van der Waals surface area contributed by atoms with Crippen molar-refractivity contribution in [1.29, 1.82) is 0 Å². The molecule has 0 spiro atoms. The average Bonchev–Trinajstić information content (AvgIpc) is 2.85. The monoisotopic (exact) mass is 245 g/mol. The number of ether oxygens (including phenoxy) is 1. The fourth-order valence-electron chi connectivity index (χ4n) is 2.93. The first-order chi connectivity index (χ1) is 8.90. The molecule has 1 saturated heterocycles. The lowest BCUT2D eigenvalue weighted by molar-refractivity contribution is 0.0547. The minimum Gasteiger partial charge on any atom is -0.464 e. The summed E-state index contributed by atoms with van der Waals surface area (Å²) in [6.07, 6.45) is 4.14. The molecule has 1 fully saturated rings. The first-order valence-electron chi connectivity index (χ1n) is 6.61. The number of hydrogen-bond acceptors (Lipinski definition) is 3. The molecule has 2 heterocycles. The molecule has 1 aromatic carbocycles. The van der Waals surface area contributed by atoms with E-state index in [2.05, 4.69) is 17.4 Å². The highest BCUT2D eigenvalue weighted by atomic mass is 16.5. The number of rotatable bonds is 3. The molecule has 0 amide bonds. The van der Waals surface area contributed by atoms with Crippen molar-refractivity contribution in [2.45, 2.75) is 18.9 Å². The average molecular weight is 245 g/mol. The molecule has 1 aliphatic rings. The number of nitrogens with one attached hydrogen (secondary N) is 1. The van der Waals surface area contributed by atoms with Crippen LogP contribution in [0.25, 0.3) is 11.0 Å². The van der Waals surface area contributed by atoms with E-state index in [4.69, 9.17) is 9.15 Å². The molecular weight excluding hydrogens is 226 g/mol. The number of para-hydroxylation sites is 1. The molecule has 3 heteroatoms. The number of furan rings is 1. The Balaban J connectivity index is 1.95. The van der Waals surface area contributed by atoms with E-state index in [1.54, 1.807) is 0 Å². The van der Waals surface area contributed by atoms with Crippen LogP contribution < -0.4 is 5.32 Å². The third kappa shape index (κ3) is 2.04. The molecule has 0 saturated carbocycles. The van der Waals surface area contributed by atoms with Gasteiger partial charge in [-0.25, -0.2) is 0 Å². The van der Waals surface area contributed by atoms with Crippen molar-refractivity contribution in [2.24, 2.45) is 5.92 Å². The first kappa shape index (κ1) is 11.8. The van der Waals surface area contributed by atoms with Crippen LogP contribution in [0.1, 0.15) is 24.4 Å². The highest BCUT2D eigenvalue weighted by molar-refractivity contribution is 5.81. The minimum absolute atomic E-state index is 0.359. The van der Waals surface area contributed by atoms with Crippen LogP contribution in [-0.4, -0.2) is 20.3 Å². The van der Waals surface area contributed by atoms with Crippen LogP contribution in [0.4, 0.5) is 0 Å². The molecule has 2 aromatic rings. The van der Waals surface area contributed by atoms with Gasteiger partial charge in [-0.15, -0.1) is 0 Å². The summed E-state index contributed by atoms with van der Waals surface area (Å²) in [6.45, 7) is 1.75. The van der Waals surface area contributed by atoms with E-state index in [1.807, 2.05) is 25.4 Å². The predicted octanol–water partition coefficient (Wildman–Crippen LogP) is 3.12. The zero-order chi connectivity index (χ0) is 12.4. The summed E-state index contributed by atoms with van der Waals surface area (Å²) in [6, 6.07) is 8.60. The van der Waals surface area contributed by atoms with Gasteiger partial charge < -0.3 is 14.5 Å². The van der Waals surface area contributed by atoms with E-state index in [1.165, 1.54) is 10.9 Å². The smallest absolute Gasteiger partial charge is 0.134 e. The van der Waals surface area contributed by atoms with Crippen molar-refractivity contribution in [3.63, 3.8) is 0 Å². The Morgan fingerprint density at radius 1 is 1.22 bits per heavy atom. The Morgan fingerprint density at radius 2 is 2.00 bits per heavy atom. The molecule has 0 aliphatic carbocycles. The Morgan fingerprint density at radius 3 is 2.78 bits per heavy atom. The Labute approximate surface area is 107 Å². The van der Waals surface area contributed by atoms with Crippen LogP contribution >= 0.6 is 0 Å². The van der Waals surface area contributed by atoms with E-state index in [0.717, 1.165) is 31.6 Å². The summed E-state index contributed by atoms with van der Waals surface area (Å²) < 4.78 is 11.1. The van der Waals surface area contributed by atoms with Gasteiger partial charge in [0.25, 0.3) is 0 Å². The van der Waals surface area contributed by atoms with E-state index in [-0.39, 0.29) is 0 Å². The van der Waals surface area contributed by atoms with Crippen LogP contribution in [-0.2, 0) is 4.74 Å². The van der Waals surface area contributed by atoms with Gasteiger partial charge in [-0.2, -0.15) is 0 Å². The molecule has 0 bridgehead atoms. The minimum atomic E-state index is 0.359. The Hall–Kier alpha value is -1.32. The van der Waals surface area contributed by atoms with Crippen molar-refractivity contribution in [3.05, 3.63) is 36.1 Å². The summed E-state index contributed by atoms with van der Waals surface area (Å²) >= 11 is 0. The van der Waals surface area contributed by atoms with Crippen molar-refractivity contribution in [1.82, 2.24) is 5.32 Å². The fourth-order valence-corrected chi connectivity index (χ4v) is 2.93. The highest BCUT2D eigenvalue weighted by Crippen LogP contribution is 2.34. The third-order valence-corrected chi connectivity index (χ3v) is 3.89. The van der Waals surface area contributed by atoms with Gasteiger partial charge in [0.1, 0.15) is 5.58 Å². The Bertz CT molecular complexity index is 514. The zero-order valence-corrected chi connectivity index (χ0v) is 10.7. The zero-order valence-electron chi connectivity index (χ0n) is 10.7. The van der Waals surface area contributed by atoms with E-state index < -0.39 is 0 Å². The number of fused-ring (bicyclic) bond motifs is 1. The van der Waals surface area contributed by atoms with Gasteiger partial charge in [0.2, 0.25) is 0 Å². The summed E-state index contributed by atoms with van der Waals surface area (Å²) in [4.78, 5) is 0. The largest absolute Gasteiger partial charge is 0.464 e. The van der Waals surface area contributed by atoms with E-state index in [9.17, 15) is 0 Å². The van der Waals surface area contributed by atoms with E-state index >= 15 is 0 Å². The van der Waals surface area contributed by atoms with Gasteiger partial charge in [0.05, 0.1) is 6.26 Å². The number of benzene rings is 1. The Kier molecular flexibility index (Phi) is 3.35. The van der Waals surface area contributed by atoms with Gasteiger partial charge in [0.15, 0.2) is 0 Å². The summed E-state index contributed by atoms with van der Waals surface area (Å²) in [5.74, 6) is 0.629. The lowest BCUT2D eigenvalue weighted by Crippen LogP contribution is -2.29. The summed E-state index contributed by atoms with van der Waals surface area (Å²) in [7, 11) is 2.03. The molecule has 3 rings (SSSR count). The van der Waals surface area contributed by atoms with E-state index in [0.29, 0.717) is 12.0 Å². The lowest BCUT2D eigenvalue weighted by Gasteiger charge is -2.29. The SMILES string of the molecule is CNC(c1coc2ccccc12)C1CCOCC1. The topological polar surface area (TPSA) is 34.4 Å². The van der Waals surface area contributed by atoms with Crippen LogP contribution in [0.5, 0.6) is 0 Å². The molecule has 1 atom stereocenters. The van der Waals surface area contributed by atoms with Crippen LogP contribution in [0.2, 0.25) is 0 Å². The molecule has 1 aromatic heterocycles. The normalized spacial score (nSPS) is 19.2. The van der Waals surface area contributed by atoms with Crippen LogP contribution in [0, 0.1) is 5.92 Å². The third-order valence-electron chi connectivity index (χ3n) is 3.89. The fraction of sp³-hybridized carbons (Fsp3) is 0.467. The van der Waals surface area contributed by atoms with Gasteiger partial charge in [0, 0.05) is 30.2 Å². The van der Waals surface area contributed by atoms with Gasteiger partial charge in [-0.1, -0.05) is 18.2 Å². The van der Waals surface area contributed by atoms with Crippen molar-refractivity contribution in [3.8, 4) is 0 Å². The molecule has 1 N–H and O–H groups in total. The molecular formula is C15H19NO2. The second kappa shape index (κ2) is 5.12. The summed E-state index contributed by atoms with van der Waals surface area (Å²) in [5.41, 5.74) is 2.25. The lowest BCUT2D eigenvalue weighted by atomic mass is 9.87. The second-order valence-corrected chi connectivity index (χ2v) is 4.90. The molecule has 18 heavy (non-hydrogen) atoms. The predicted molar refractivity (Wildman–Crippen MR) is 71.6 cm³/mol.